The summed E-state index contributed by atoms with van der Waals surface area (Å²) in [6.07, 6.45) is 2.09. The van der Waals surface area contributed by atoms with Crippen LogP contribution in [0.1, 0.15) is 18.3 Å². The van der Waals surface area contributed by atoms with Crippen LogP contribution in [0.3, 0.4) is 0 Å². The predicted molar refractivity (Wildman–Crippen MR) is 60.8 cm³/mol. The molecule has 1 aromatic heterocycles. The fourth-order valence-electron chi connectivity index (χ4n) is 0.850. The van der Waals surface area contributed by atoms with Gasteiger partial charge in [-0.2, -0.15) is 16.9 Å². The van der Waals surface area contributed by atoms with E-state index in [1.54, 1.807) is 0 Å². The van der Waals surface area contributed by atoms with E-state index >= 15 is 0 Å². The summed E-state index contributed by atoms with van der Waals surface area (Å²) in [5, 5.41) is 11.7. The first-order chi connectivity index (χ1) is 6.63. The van der Waals surface area contributed by atoms with Crippen LogP contribution in [0.2, 0.25) is 0 Å². The Morgan fingerprint density at radius 1 is 1.29 bits per heavy atom. The third-order valence-electron chi connectivity index (χ3n) is 2.04. The Bertz CT molecular complexity index is 303. The first-order valence-electron chi connectivity index (χ1n) is 4.58. The van der Waals surface area contributed by atoms with E-state index in [0.29, 0.717) is 11.2 Å². The molecule has 0 aliphatic heterocycles. The molecule has 0 aliphatic carbocycles. The van der Waals surface area contributed by atoms with E-state index in [1.165, 1.54) is 0 Å². The molecule has 0 amide bonds. The van der Waals surface area contributed by atoms with Gasteiger partial charge in [0, 0.05) is 11.8 Å². The number of hydrogen-bond donors (Lipinski definition) is 1. The summed E-state index contributed by atoms with van der Waals surface area (Å²) in [7, 11) is 0. The van der Waals surface area contributed by atoms with Crippen molar-refractivity contribution in [1.29, 1.82) is 0 Å². The van der Waals surface area contributed by atoms with Crippen LogP contribution >= 0.6 is 11.8 Å². The third kappa shape index (κ3) is 3.14. The van der Waals surface area contributed by atoms with Gasteiger partial charge in [-0.15, -0.1) is 5.10 Å². The predicted octanol–water partition coefficient (Wildman–Crippen LogP) is 1.65. The standard InChI is InChI=1S/C9H16N4S/c1-6(14-4)5-10-9-11-7(2)8(3)12-13-9/h6H,5H2,1-4H3,(H,10,11,13). The van der Waals surface area contributed by atoms with Gasteiger partial charge in [0.15, 0.2) is 0 Å². The van der Waals surface area contributed by atoms with Crippen molar-refractivity contribution >= 4 is 17.7 Å². The number of nitrogens with one attached hydrogen (secondary N) is 1. The third-order valence-corrected chi connectivity index (χ3v) is 3.01. The number of thioether (sulfide) groups is 1. The molecule has 1 aromatic rings. The number of hydrogen-bond acceptors (Lipinski definition) is 5. The summed E-state index contributed by atoms with van der Waals surface area (Å²) in [5.41, 5.74) is 1.81. The SMILES string of the molecule is CSC(C)CNc1nnc(C)c(C)n1. The van der Waals surface area contributed by atoms with Crippen LogP contribution in [0, 0.1) is 13.8 Å². The van der Waals surface area contributed by atoms with E-state index < -0.39 is 0 Å². The Morgan fingerprint density at radius 3 is 2.57 bits per heavy atom. The summed E-state index contributed by atoms with van der Waals surface area (Å²) < 4.78 is 0. The second-order valence-corrected chi connectivity index (χ2v) is 4.51. The number of anilines is 1. The van der Waals surface area contributed by atoms with Gasteiger partial charge in [0.05, 0.1) is 11.4 Å². The number of aryl methyl sites for hydroxylation is 2. The van der Waals surface area contributed by atoms with Crippen molar-refractivity contribution in [3.63, 3.8) is 0 Å². The highest BCUT2D eigenvalue weighted by molar-refractivity contribution is 7.99. The summed E-state index contributed by atoms with van der Waals surface area (Å²) >= 11 is 1.81. The van der Waals surface area contributed by atoms with Crippen LogP contribution in [0.15, 0.2) is 0 Å². The van der Waals surface area contributed by atoms with Gasteiger partial charge in [0.2, 0.25) is 5.95 Å². The molecule has 1 atom stereocenters. The number of aromatic nitrogens is 3. The normalized spacial score (nSPS) is 12.6. The van der Waals surface area contributed by atoms with Crippen molar-refractivity contribution in [3.05, 3.63) is 11.4 Å². The molecule has 0 aromatic carbocycles. The molecular formula is C9H16N4S. The number of nitrogens with zero attached hydrogens (tertiary/aromatic N) is 3. The zero-order chi connectivity index (χ0) is 10.6. The lowest BCUT2D eigenvalue weighted by Crippen LogP contribution is -2.15. The molecule has 0 fully saturated rings. The van der Waals surface area contributed by atoms with Crippen LogP contribution in [-0.4, -0.2) is 33.2 Å². The molecule has 0 saturated carbocycles. The maximum absolute atomic E-state index is 4.28. The van der Waals surface area contributed by atoms with Gasteiger partial charge in [-0.1, -0.05) is 6.92 Å². The minimum absolute atomic E-state index is 0.556. The maximum atomic E-state index is 4.28. The topological polar surface area (TPSA) is 50.7 Å². The van der Waals surface area contributed by atoms with Crippen molar-refractivity contribution < 1.29 is 0 Å². The van der Waals surface area contributed by atoms with Crippen molar-refractivity contribution in [2.45, 2.75) is 26.0 Å². The van der Waals surface area contributed by atoms with E-state index in [2.05, 4.69) is 33.7 Å². The molecule has 78 valence electrons. The summed E-state index contributed by atoms with van der Waals surface area (Å²) in [4.78, 5) is 4.28. The van der Waals surface area contributed by atoms with Crippen LogP contribution in [0.25, 0.3) is 0 Å². The molecule has 0 saturated heterocycles. The number of rotatable bonds is 4. The molecule has 4 nitrogen and oxygen atoms in total. The van der Waals surface area contributed by atoms with E-state index in [-0.39, 0.29) is 0 Å². The van der Waals surface area contributed by atoms with Crippen molar-refractivity contribution in [1.82, 2.24) is 15.2 Å². The van der Waals surface area contributed by atoms with Crippen molar-refractivity contribution in [3.8, 4) is 0 Å². The lowest BCUT2D eigenvalue weighted by molar-refractivity contribution is 0.876. The van der Waals surface area contributed by atoms with Gasteiger partial charge in [0.25, 0.3) is 0 Å². The molecule has 14 heavy (non-hydrogen) atoms. The minimum atomic E-state index is 0.556. The Labute approximate surface area is 88.9 Å². The fraction of sp³-hybridized carbons (Fsp3) is 0.667. The summed E-state index contributed by atoms with van der Waals surface area (Å²) in [5.74, 6) is 0.619. The minimum Gasteiger partial charge on any atom is -0.352 e. The highest BCUT2D eigenvalue weighted by Crippen LogP contribution is 2.06. The van der Waals surface area contributed by atoms with Crippen LogP contribution in [0.4, 0.5) is 5.95 Å². The lowest BCUT2D eigenvalue weighted by Gasteiger charge is -2.09. The van der Waals surface area contributed by atoms with Gasteiger partial charge in [-0.3, -0.25) is 0 Å². The van der Waals surface area contributed by atoms with E-state index in [0.717, 1.165) is 17.9 Å². The molecule has 0 aliphatic rings. The Kier molecular flexibility index (Phi) is 4.13. The molecule has 1 unspecified atom stereocenters. The smallest absolute Gasteiger partial charge is 0.242 e. The second kappa shape index (κ2) is 5.14. The van der Waals surface area contributed by atoms with E-state index in [9.17, 15) is 0 Å². The molecule has 1 rings (SSSR count). The Hall–Kier alpha value is -0.840. The van der Waals surface area contributed by atoms with Gasteiger partial charge in [-0.05, 0) is 20.1 Å². The van der Waals surface area contributed by atoms with Gasteiger partial charge < -0.3 is 5.32 Å². The zero-order valence-corrected chi connectivity index (χ0v) is 9.85. The molecule has 0 spiro atoms. The average molecular weight is 212 g/mol. The zero-order valence-electron chi connectivity index (χ0n) is 9.03. The lowest BCUT2D eigenvalue weighted by atomic mass is 10.4. The van der Waals surface area contributed by atoms with Crippen LogP contribution in [-0.2, 0) is 0 Å². The molecule has 1 N–H and O–H groups in total. The van der Waals surface area contributed by atoms with Gasteiger partial charge in [0.1, 0.15) is 0 Å². The summed E-state index contributed by atoms with van der Waals surface area (Å²) in [6, 6.07) is 0. The molecule has 5 heteroatoms. The Balaban J connectivity index is 2.55. The summed E-state index contributed by atoms with van der Waals surface area (Å²) in [6.45, 7) is 6.87. The van der Waals surface area contributed by atoms with Crippen molar-refractivity contribution in [2.75, 3.05) is 18.1 Å². The maximum Gasteiger partial charge on any atom is 0.242 e. The highest BCUT2D eigenvalue weighted by atomic mass is 32.2. The first kappa shape index (κ1) is 11.2. The monoisotopic (exact) mass is 212 g/mol. The molecule has 1 heterocycles. The molecular weight excluding hydrogens is 196 g/mol. The van der Waals surface area contributed by atoms with E-state index in [1.807, 2.05) is 25.6 Å². The average Bonchev–Trinajstić information content (AvgIpc) is 2.19. The highest BCUT2D eigenvalue weighted by Gasteiger charge is 2.03. The molecule has 0 radical (unpaired) electrons. The molecule has 0 bridgehead atoms. The van der Waals surface area contributed by atoms with Gasteiger partial charge in [-0.25, -0.2) is 4.98 Å². The van der Waals surface area contributed by atoms with Crippen LogP contribution in [0.5, 0.6) is 0 Å². The first-order valence-corrected chi connectivity index (χ1v) is 5.87. The quantitative estimate of drug-likeness (QED) is 0.822. The Morgan fingerprint density at radius 2 is 2.00 bits per heavy atom. The van der Waals surface area contributed by atoms with Crippen LogP contribution < -0.4 is 5.32 Å². The second-order valence-electron chi connectivity index (χ2n) is 3.23. The van der Waals surface area contributed by atoms with Crippen molar-refractivity contribution in [2.24, 2.45) is 0 Å². The fourth-order valence-corrected chi connectivity index (χ4v) is 1.10. The largest absolute Gasteiger partial charge is 0.352 e. The van der Waals surface area contributed by atoms with E-state index in [4.69, 9.17) is 0 Å². The van der Waals surface area contributed by atoms with Gasteiger partial charge >= 0.3 is 0 Å².